The highest BCUT2D eigenvalue weighted by molar-refractivity contribution is 7.13. The first kappa shape index (κ1) is 55.1. The van der Waals surface area contributed by atoms with Crippen LogP contribution in [0, 0.1) is 12.3 Å². The summed E-state index contributed by atoms with van der Waals surface area (Å²) in [6, 6.07) is 27.7. The van der Waals surface area contributed by atoms with E-state index in [1.165, 1.54) is 4.90 Å². The number of likely N-dealkylation sites (tertiary alicyclic amines) is 1. The third kappa shape index (κ3) is 14.0. The van der Waals surface area contributed by atoms with E-state index >= 15 is 0 Å². The monoisotopic (exact) mass is 1060 g/mol. The van der Waals surface area contributed by atoms with E-state index in [-0.39, 0.29) is 67.7 Å². The zero-order valence-corrected chi connectivity index (χ0v) is 45.6. The first-order valence-electron chi connectivity index (χ1n) is 26.3. The topological polar surface area (TPSA) is 180 Å². The molecule has 0 unspecified atom stereocenters. The van der Waals surface area contributed by atoms with Gasteiger partial charge in [0.15, 0.2) is 0 Å². The van der Waals surface area contributed by atoms with Crippen molar-refractivity contribution in [1.29, 1.82) is 0 Å². The molecule has 0 radical (unpaired) electrons. The highest BCUT2D eigenvalue weighted by Gasteiger charge is 2.44. The summed E-state index contributed by atoms with van der Waals surface area (Å²) in [7, 11) is 0. The lowest BCUT2D eigenvalue weighted by atomic mass is 9.85. The highest BCUT2D eigenvalue weighted by Crippen LogP contribution is 2.41. The van der Waals surface area contributed by atoms with Gasteiger partial charge >= 0.3 is 0 Å². The van der Waals surface area contributed by atoms with Crippen molar-refractivity contribution in [2.45, 2.75) is 110 Å². The molecule has 3 aliphatic heterocycles. The minimum atomic E-state index is -0.892. The van der Waals surface area contributed by atoms with E-state index in [0.29, 0.717) is 17.1 Å². The van der Waals surface area contributed by atoms with Gasteiger partial charge in [0.25, 0.3) is 5.91 Å². The standard InChI is InChI=1S/C58H72ClN9O6S/c1-37-30-49(63-46-21-19-45(59)20-22-46)48-31-44(18-23-50(48)68(37)39(3)69)41-14-16-43(17-15-41)55(72)60-24-8-7-9-25-65-26-28-66(29-27-65)35-52(71)64-54(58(4,5)6)57(74)67-34-47(70)32-51(67)56(73)61-33-40-10-12-42(13-11-40)53-38(2)62-36-75-53/h10-23,31,36-37,47,49,51,54,63,70H,7-9,24-30,32-35H2,1-6H3,(H,60,72)(H,61,73)(H,64,71)/t37-,47+,49+,51-,54+/m0/s1. The molecule has 5 amide bonds. The Morgan fingerprint density at radius 3 is 2.17 bits per heavy atom. The lowest BCUT2D eigenvalue weighted by Crippen LogP contribution is -2.59. The van der Waals surface area contributed by atoms with Crippen molar-refractivity contribution in [1.82, 2.24) is 35.6 Å². The molecule has 3 aliphatic rings. The number of benzene rings is 4. The van der Waals surface area contributed by atoms with Gasteiger partial charge in [0.1, 0.15) is 12.1 Å². The van der Waals surface area contributed by atoms with Gasteiger partial charge in [0.05, 0.1) is 34.8 Å². The third-order valence-corrected chi connectivity index (χ3v) is 15.9. The molecule has 0 aliphatic carbocycles. The molecule has 5 N–H and O–H groups in total. The normalized spacial score (nSPS) is 19.5. The van der Waals surface area contributed by atoms with Gasteiger partial charge in [-0.05, 0) is 121 Å². The predicted molar refractivity (Wildman–Crippen MR) is 298 cm³/mol. The van der Waals surface area contributed by atoms with Crippen molar-refractivity contribution < 1.29 is 29.1 Å². The van der Waals surface area contributed by atoms with Gasteiger partial charge in [-0.1, -0.05) is 81.3 Å². The number of aliphatic hydroxyl groups is 1. The summed E-state index contributed by atoms with van der Waals surface area (Å²) in [6.45, 7) is 16.4. The van der Waals surface area contributed by atoms with Gasteiger partial charge in [-0.15, -0.1) is 11.3 Å². The van der Waals surface area contributed by atoms with E-state index in [4.69, 9.17) is 11.6 Å². The number of piperazine rings is 1. The maximum Gasteiger partial charge on any atom is 0.251 e. The number of hydrogen-bond acceptors (Lipinski definition) is 11. The van der Waals surface area contributed by atoms with Crippen molar-refractivity contribution in [3.63, 3.8) is 0 Å². The maximum absolute atomic E-state index is 14.2. The number of nitrogens with one attached hydrogen (secondary N) is 4. The number of aliphatic hydroxyl groups excluding tert-OH is 1. The number of carbonyl (C=O) groups is 5. The van der Waals surface area contributed by atoms with E-state index in [9.17, 15) is 29.1 Å². The van der Waals surface area contributed by atoms with Gasteiger partial charge in [-0.2, -0.15) is 0 Å². The third-order valence-electron chi connectivity index (χ3n) is 14.7. The van der Waals surface area contributed by atoms with Gasteiger partial charge in [0, 0.05) is 87.2 Å². The second kappa shape index (κ2) is 24.7. The van der Waals surface area contributed by atoms with Crippen LogP contribution in [0.5, 0.6) is 0 Å². The van der Waals surface area contributed by atoms with Crippen molar-refractivity contribution in [2.24, 2.45) is 5.41 Å². The van der Waals surface area contributed by atoms with Crippen molar-refractivity contribution >= 4 is 63.8 Å². The van der Waals surface area contributed by atoms with E-state index in [2.05, 4.69) is 49.0 Å². The molecular weight excluding hydrogens is 986 g/mol. The number of nitrogens with zero attached hydrogens (tertiary/aromatic N) is 5. The summed E-state index contributed by atoms with van der Waals surface area (Å²) < 4.78 is 0. The zero-order chi connectivity index (χ0) is 53.4. The summed E-state index contributed by atoms with van der Waals surface area (Å²) in [6.07, 6.45) is 2.84. The molecule has 2 saturated heterocycles. The number of carbonyl (C=O) groups excluding carboxylic acids is 5. The number of aryl methyl sites for hydroxylation is 1. The molecule has 2 fully saturated rings. The molecule has 17 heteroatoms. The molecule has 5 atom stereocenters. The van der Waals surface area contributed by atoms with Gasteiger partial charge in [-0.3, -0.25) is 28.9 Å². The number of rotatable bonds is 18. The molecule has 4 heterocycles. The second-order valence-electron chi connectivity index (χ2n) is 21.4. The molecule has 1 aromatic heterocycles. The van der Waals surface area contributed by atoms with E-state index < -0.39 is 23.6 Å². The fourth-order valence-electron chi connectivity index (χ4n) is 10.5. The Hall–Kier alpha value is -6.17. The Labute approximate surface area is 450 Å². The van der Waals surface area contributed by atoms with Crippen LogP contribution in [0.15, 0.2) is 96.5 Å². The van der Waals surface area contributed by atoms with Crippen LogP contribution in [0.2, 0.25) is 5.02 Å². The van der Waals surface area contributed by atoms with Gasteiger partial charge in [-0.25, -0.2) is 4.98 Å². The van der Waals surface area contributed by atoms with Crippen LogP contribution in [-0.2, 0) is 25.7 Å². The summed E-state index contributed by atoms with van der Waals surface area (Å²) in [4.78, 5) is 80.4. The number of β-amino-alcohol motifs (C(OH)–C–C–N with tert-alkyl or cyclic N) is 1. The predicted octanol–water partition coefficient (Wildman–Crippen LogP) is 8.06. The smallest absolute Gasteiger partial charge is 0.251 e. The number of aromatic nitrogens is 1. The highest BCUT2D eigenvalue weighted by atomic mass is 35.5. The second-order valence-corrected chi connectivity index (χ2v) is 22.7. The van der Waals surface area contributed by atoms with Crippen molar-refractivity contribution in [3.05, 3.63) is 124 Å². The van der Waals surface area contributed by atoms with Crippen LogP contribution >= 0.6 is 22.9 Å². The minimum absolute atomic E-state index is 0.00812. The first-order chi connectivity index (χ1) is 35.9. The molecule has 0 bridgehead atoms. The first-order valence-corrected chi connectivity index (χ1v) is 27.5. The maximum atomic E-state index is 14.2. The number of thiazole rings is 1. The lowest BCUT2D eigenvalue weighted by Gasteiger charge is -2.39. The largest absolute Gasteiger partial charge is 0.391 e. The fourth-order valence-corrected chi connectivity index (χ4v) is 11.5. The number of fused-ring (bicyclic) bond motifs is 1. The Bertz CT molecular complexity index is 2790. The molecule has 398 valence electrons. The summed E-state index contributed by atoms with van der Waals surface area (Å²) in [5, 5.41) is 24.0. The number of anilines is 2. The number of hydrogen-bond donors (Lipinski definition) is 5. The van der Waals surface area contributed by atoms with Crippen LogP contribution in [0.25, 0.3) is 21.6 Å². The summed E-state index contributed by atoms with van der Waals surface area (Å²) in [5.74, 6) is -1.07. The molecule has 4 aromatic carbocycles. The van der Waals surface area contributed by atoms with Crippen LogP contribution in [0.1, 0.15) is 99.9 Å². The average molecular weight is 1060 g/mol. The van der Waals surface area contributed by atoms with Crippen LogP contribution in [0.4, 0.5) is 11.4 Å². The zero-order valence-electron chi connectivity index (χ0n) is 44.0. The van der Waals surface area contributed by atoms with E-state index in [1.807, 2.05) is 123 Å². The Balaban J connectivity index is 0.738. The fraction of sp³-hybridized carbons (Fsp3) is 0.448. The quantitative estimate of drug-likeness (QED) is 0.0539. The van der Waals surface area contributed by atoms with Crippen LogP contribution in [-0.4, -0.2) is 131 Å². The minimum Gasteiger partial charge on any atom is -0.391 e. The van der Waals surface area contributed by atoms with Crippen LogP contribution in [0.3, 0.4) is 0 Å². The Kier molecular flexibility index (Phi) is 18.1. The molecular formula is C58H72ClN9O6S. The van der Waals surface area contributed by atoms with Crippen molar-refractivity contribution in [3.8, 4) is 21.6 Å². The van der Waals surface area contributed by atoms with Crippen LogP contribution < -0.4 is 26.2 Å². The summed E-state index contributed by atoms with van der Waals surface area (Å²) >= 11 is 7.73. The van der Waals surface area contributed by atoms with Gasteiger partial charge in [0.2, 0.25) is 23.6 Å². The van der Waals surface area contributed by atoms with Crippen molar-refractivity contribution in [2.75, 3.05) is 62.6 Å². The number of halogens is 1. The van der Waals surface area contributed by atoms with E-state index in [0.717, 1.165) is 108 Å². The Morgan fingerprint density at radius 2 is 1.51 bits per heavy atom. The summed E-state index contributed by atoms with van der Waals surface area (Å²) in [5.41, 5.74) is 9.58. The number of unbranched alkanes of at least 4 members (excludes halogenated alkanes) is 2. The SMILES string of the molecule is CC(=O)N1c2ccc(-c3ccc(C(=O)NCCCCCN4CCN(CC(=O)N[C@H](C(=O)N5C[C@H](O)C[C@H]5C(=O)NCc5ccc(-c6scnc6C)cc5)C(C)(C)C)CC4)cc3)cc2[C@H](Nc2ccc(Cl)cc2)C[C@@H]1C. The van der Waals surface area contributed by atoms with Gasteiger partial charge < -0.3 is 41.1 Å². The molecule has 15 nitrogen and oxygen atoms in total. The molecule has 0 saturated carbocycles. The molecule has 5 aromatic rings. The average Bonchev–Trinajstić information content (AvgIpc) is 4.01. The lowest BCUT2D eigenvalue weighted by molar-refractivity contribution is -0.144. The molecule has 0 spiro atoms. The number of amides is 5. The Morgan fingerprint density at radius 1 is 0.827 bits per heavy atom. The van der Waals surface area contributed by atoms with E-state index in [1.54, 1.807) is 18.3 Å². The molecule has 75 heavy (non-hydrogen) atoms. The molecule has 8 rings (SSSR count).